The van der Waals surface area contributed by atoms with Gasteiger partial charge in [-0.15, -0.1) is 0 Å². The van der Waals surface area contributed by atoms with E-state index >= 15 is 0 Å². The Kier molecular flexibility index (Phi) is 9.34. The summed E-state index contributed by atoms with van der Waals surface area (Å²) in [5.74, 6) is 0.182. The minimum Gasteiger partial charge on any atom is -0.507 e. The van der Waals surface area contributed by atoms with E-state index in [9.17, 15) is 5.11 Å². The zero-order chi connectivity index (χ0) is 15.3. The molecule has 0 amide bonds. The number of unbranched alkanes of at least 4 members (excludes halogenated alkanes) is 8. The number of nitrogens with zero attached hydrogens (tertiary/aromatic N) is 1. The van der Waals surface area contributed by atoms with Gasteiger partial charge < -0.3 is 10.3 Å². The zero-order valence-corrected chi connectivity index (χ0v) is 13.2. The van der Waals surface area contributed by atoms with Crippen molar-refractivity contribution in [3.8, 4) is 5.75 Å². The first-order chi connectivity index (χ1) is 10.3. The van der Waals surface area contributed by atoms with Crippen molar-refractivity contribution < 1.29 is 10.3 Å². The Morgan fingerprint density at radius 2 is 1.48 bits per heavy atom. The van der Waals surface area contributed by atoms with Gasteiger partial charge in [-0.25, -0.2) is 0 Å². The second kappa shape index (κ2) is 11.2. The Morgan fingerprint density at radius 3 is 2.05 bits per heavy atom. The highest BCUT2D eigenvalue weighted by Gasteiger charge is 2.08. The van der Waals surface area contributed by atoms with Gasteiger partial charge in [0.1, 0.15) is 5.75 Å². The molecular weight excluding hydrogens is 262 g/mol. The van der Waals surface area contributed by atoms with E-state index in [1.807, 2.05) is 6.07 Å². The van der Waals surface area contributed by atoms with Crippen molar-refractivity contribution in [3.63, 3.8) is 0 Å². The molecule has 0 atom stereocenters. The molecule has 0 heterocycles. The number of benzene rings is 1. The molecule has 0 spiro atoms. The van der Waals surface area contributed by atoms with Crippen molar-refractivity contribution in [2.24, 2.45) is 5.16 Å². The van der Waals surface area contributed by atoms with Crippen LogP contribution in [0.15, 0.2) is 29.4 Å². The smallest absolute Gasteiger partial charge is 0.124 e. The average Bonchev–Trinajstić information content (AvgIpc) is 2.50. The van der Waals surface area contributed by atoms with Crippen molar-refractivity contribution >= 4 is 5.71 Å². The number of phenols is 1. The topological polar surface area (TPSA) is 52.8 Å². The molecule has 0 bridgehead atoms. The lowest BCUT2D eigenvalue weighted by molar-refractivity contribution is 0.317. The van der Waals surface area contributed by atoms with Gasteiger partial charge >= 0.3 is 0 Å². The van der Waals surface area contributed by atoms with Gasteiger partial charge in [-0.05, 0) is 25.0 Å². The predicted octanol–water partition coefficient (Wildman–Crippen LogP) is 5.49. The molecule has 0 aliphatic carbocycles. The molecule has 21 heavy (non-hydrogen) atoms. The van der Waals surface area contributed by atoms with Crippen LogP contribution < -0.4 is 0 Å². The van der Waals surface area contributed by atoms with Crippen molar-refractivity contribution in [2.45, 2.75) is 71.1 Å². The molecule has 2 N–H and O–H groups in total. The predicted molar refractivity (Wildman–Crippen MR) is 88.3 cm³/mol. The fraction of sp³-hybridized carbons (Fsp3) is 0.611. The van der Waals surface area contributed by atoms with Crippen molar-refractivity contribution in [2.75, 3.05) is 0 Å². The van der Waals surface area contributed by atoms with E-state index in [2.05, 4.69) is 12.1 Å². The van der Waals surface area contributed by atoms with E-state index in [0.29, 0.717) is 17.7 Å². The number of phenolic OH excluding ortho intramolecular Hbond substituents is 1. The number of rotatable bonds is 11. The fourth-order valence-electron chi connectivity index (χ4n) is 2.56. The molecule has 0 saturated heterocycles. The van der Waals surface area contributed by atoms with Crippen LogP contribution in [-0.2, 0) is 0 Å². The molecule has 1 aromatic carbocycles. The molecule has 0 fully saturated rings. The second-order valence-corrected chi connectivity index (χ2v) is 5.64. The third-order valence-corrected chi connectivity index (χ3v) is 3.85. The third kappa shape index (κ3) is 7.16. The van der Waals surface area contributed by atoms with Gasteiger partial charge in [0.15, 0.2) is 0 Å². The summed E-state index contributed by atoms with van der Waals surface area (Å²) in [5, 5.41) is 22.2. The molecule has 0 unspecified atom stereocenters. The quantitative estimate of drug-likeness (QED) is 0.245. The van der Waals surface area contributed by atoms with Crippen LogP contribution in [0.5, 0.6) is 5.75 Å². The second-order valence-electron chi connectivity index (χ2n) is 5.64. The number of aromatic hydroxyl groups is 1. The molecule has 0 aliphatic heterocycles. The lowest BCUT2D eigenvalue weighted by Gasteiger charge is -2.07. The van der Waals surface area contributed by atoms with Crippen LogP contribution in [-0.4, -0.2) is 16.0 Å². The molecule has 1 rings (SSSR count). The number of hydrogen-bond donors (Lipinski definition) is 2. The Morgan fingerprint density at radius 1 is 0.905 bits per heavy atom. The Bertz CT molecular complexity index is 415. The maximum atomic E-state index is 9.76. The molecule has 118 valence electrons. The van der Waals surface area contributed by atoms with Gasteiger partial charge in [-0.1, -0.05) is 75.6 Å². The maximum Gasteiger partial charge on any atom is 0.124 e. The summed E-state index contributed by atoms with van der Waals surface area (Å²) < 4.78 is 0. The molecule has 0 aromatic heterocycles. The Labute approximate surface area is 128 Å². The van der Waals surface area contributed by atoms with Crippen LogP contribution in [0, 0.1) is 0 Å². The van der Waals surface area contributed by atoms with Crippen molar-refractivity contribution in [1.29, 1.82) is 0 Å². The van der Waals surface area contributed by atoms with Gasteiger partial charge in [0.25, 0.3) is 0 Å². The van der Waals surface area contributed by atoms with E-state index in [0.717, 1.165) is 12.8 Å². The van der Waals surface area contributed by atoms with Crippen molar-refractivity contribution in [3.05, 3.63) is 29.8 Å². The van der Waals surface area contributed by atoms with Crippen LogP contribution >= 0.6 is 0 Å². The number of oxime groups is 1. The molecule has 3 heteroatoms. The van der Waals surface area contributed by atoms with Gasteiger partial charge in [0, 0.05) is 5.56 Å². The van der Waals surface area contributed by atoms with Gasteiger partial charge in [-0.3, -0.25) is 0 Å². The molecule has 1 aromatic rings. The SMILES string of the molecule is CCCCCCCCCCC/C(=N/O)c1ccccc1O. The summed E-state index contributed by atoms with van der Waals surface area (Å²) in [7, 11) is 0. The molecule has 0 saturated carbocycles. The summed E-state index contributed by atoms with van der Waals surface area (Å²) in [5.41, 5.74) is 1.22. The number of hydrogen-bond acceptors (Lipinski definition) is 3. The largest absolute Gasteiger partial charge is 0.507 e. The lowest BCUT2D eigenvalue weighted by atomic mass is 10.0. The Hall–Kier alpha value is -1.51. The van der Waals surface area contributed by atoms with E-state index in [4.69, 9.17) is 5.21 Å². The summed E-state index contributed by atoms with van der Waals surface area (Å²) in [4.78, 5) is 0. The minimum atomic E-state index is 0.182. The maximum absolute atomic E-state index is 9.76. The third-order valence-electron chi connectivity index (χ3n) is 3.85. The fourth-order valence-corrected chi connectivity index (χ4v) is 2.56. The highest BCUT2D eigenvalue weighted by Crippen LogP contribution is 2.20. The first kappa shape index (κ1) is 17.5. The van der Waals surface area contributed by atoms with Crippen LogP contribution in [0.2, 0.25) is 0 Å². The van der Waals surface area contributed by atoms with Crippen LogP contribution in [0.25, 0.3) is 0 Å². The summed E-state index contributed by atoms with van der Waals surface area (Å²) in [6.45, 7) is 2.24. The average molecular weight is 291 g/mol. The van der Waals surface area contributed by atoms with E-state index < -0.39 is 0 Å². The molecule has 0 radical (unpaired) electrons. The van der Waals surface area contributed by atoms with Crippen LogP contribution in [0.3, 0.4) is 0 Å². The van der Waals surface area contributed by atoms with Crippen LogP contribution in [0.4, 0.5) is 0 Å². The molecule has 0 aliphatic rings. The monoisotopic (exact) mass is 291 g/mol. The first-order valence-electron chi connectivity index (χ1n) is 8.29. The number of para-hydroxylation sites is 1. The Balaban J connectivity index is 2.15. The van der Waals surface area contributed by atoms with Crippen LogP contribution in [0.1, 0.15) is 76.7 Å². The molecule has 3 nitrogen and oxygen atoms in total. The van der Waals surface area contributed by atoms with Gasteiger partial charge in [-0.2, -0.15) is 0 Å². The highest BCUT2D eigenvalue weighted by molar-refractivity contribution is 6.02. The summed E-state index contributed by atoms with van der Waals surface area (Å²) >= 11 is 0. The summed E-state index contributed by atoms with van der Waals surface area (Å²) in [6, 6.07) is 7.03. The van der Waals surface area contributed by atoms with E-state index in [1.54, 1.807) is 18.2 Å². The minimum absolute atomic E-state index is 0.182. The lowest BCUT2D eigenvalue weighted by Crippen LogP contribution is -2.01. The standard InChI is InChI=1S/C18H29NO2/c1-2-3-4-5-6-7-8-9-10-14-17(19-21)16-13-11-12-15-18(16)20/h11-13,15,20-21H,2-10,14H2,1H3/b19-17-. The molecular formula is C18H29NO2. The first-order valence-corrected chi connectivity index (χ1v) is 8.29. The van der Waals surface area contributed by atoms with E-state index in [1.165, 1.54) is 44.9 Å². The highest BCUT2D eigenvalue weighted by atomic mass is 16.4. The van der Waals surface area contributed by atoms with Crippen molar-refractivity contribution in [1.82, 2.24) is 0 Å². The van der Waals surface area contributed by atoms with Gasteiger partial charge in [0.05, 0.1) is 5.71 Å². The summed E-state index contributed by atoms with van der Waals surface area (Å²) in [6.07, 6.45) is 12.1. The zero-order valence-electron chi connectivity index (χ0n) is 13.2. The van der Waals surface area contributed by atoms with E-state index in [-0.39, 0.29) is 5.75 Å². The van der Waals surface area contributed by atoms with Gasteiger partial charge in [0.2, 0.25) is 0 Å². The normalized spacial score (nSPS) is 11.8.